The minimum atomic E-state index is -0.638. The lowest BCUT2D eigenvalue weighted by Crippen LogP contribution is -2.43. The Kier molecular flexibility index (Phi) is 7.92. The lowest BCUT2D eigenvalue weighted by atomic mass is 10.0. The van der Waals surface area contributed by atoms with Gasteiger partial charge in [0, 0.05) is 12.1 Å². The summed E-state index contributed by atoms with van der Waals surface area (Å²) in [5, 5.41) is 12.8. The second-order valence-electron chi connectivity index (χ2n) is 7.02. The Morgan fingerprint density at radius 3 is 2.57 bits per heavy atom. The summed E-state index contributed by atoms with van der Waals surface area (Å²) in [6.07, 6.45) is 1.16. The molecule has 8 heteroatoms. The van der Waals surface area contributed by atoms with E-state index in [4.69, 9.17) is 4.74 Å². The third-order valence-electron chi connectivity index (χ3n) is 4.14. The number of hydrogen-bond acceptors (Lipinski definition) is 6. The van der Waals surface area contributed by atoms with Gasteiger partial charge in [-0.3, -0.25) is 4.79 Å². The van der Waals surface area contributed by atoms with Gasteiger partial charge in [0.15, 0.2) is 5.16 Å². The zero-order valence-electron chi connectivity index (χ0n) is 16.6. The summed E-state index contributed by atoms with van der Waals surface area (Å²) in [5.41, 5.74) is 2.86. The number of nitrogens with one attached hydrogen (secondary N) is 2. The number of hydrogen-bond donors (Lipinski definition) is 3. The first-order chi connectivity index (χ1) is 13.3. The molecule has 0 aliphatic heterocycles. The molecule has 2 rings (SSSR count). The van der Waals surface area contributed by atoms with Crippen LogP contribution in [0.1, 0.15) is 37.2 Å². The van der Waals surface area contributed by atoms with Gasteiger partial charge in [0.05, 0.1) is 18.6 Å². The molecule has 1 aromatic carbocycles. The maximum absolute atomic E-state index is 12.2. The molecule has 7 nitrogen and oxygen atoms in total. The summed E-state index contributed by atoms with van der Waals surface area (Å²) in [7, 11) is 1.32. The van der Waals surface area contributed by atoms with Crippen molar-refractivity contribution in [2.45, 2.75) is 44.8 Å². The standard InChI is InChI=1S/C20H27N3O4S/c1-12(2)9-17(19(26)27-4)22-18(25)11-28-20-21-13(3)16(23-20)10-14-5-7-15(24)8-6-14/h5-8,12,17,24H,9-11H2,1-4H3,(H,21,23)(H,22,25)/t17-/m1/s1. The van der Waals surface area contributed by atoms with E-state index in [2.05, 4.69) is 15.3 Å². The Labute approximate surface area is 169 Å². The van der Waals surface area contributed by atoms with Gasteiger partial charge in [0.2, 0.25) is 5.91 Å². The zero-order chi connectivity index (χ0) is 20.7. The number of methoxy groups -OCH3 is 1. The molecular formula is C20H27N3O4S. The van der Waals surface area contributed by atoms with E-state index in [1.165, 1.54) is 18.9 Å². The van der Waals surface area contributed by atoms with Crippen molar-refractivity contribution in [3.05, 3.63) is 41.2 Å². The number of aromatic nitrogens is 2. The van der Waals surface area contributed by atoms with E-state index in [1.807, 2.05) is 32.9 Å². The number of phenols is 1. The topological polar surface area (TPSA) is 104 Å². The largest absolute Gasteiger partial charge is 0.508 e. The van der Waals surface area contributed by atoms with E-state index in [1.54, 1.807) is 12.1 Å². The van der Waals surface area contributed by atoms with E-state index < -0.39 is 12.0 Å². The first kappa shape index (κ1) is 21.8. The molecule has 1 aromatic heterocycles. The second-order valence-corrected chi connectivity index (χ2v) is 7.98. The number of amides is 1. The number of benzene rings is 1. The van der Waals surface area contributed by atoms with Crippen LogP contribution in [-0.2, 0) is 20.7 Å². The molecule has 0 spiro atoms. The van der Waals surface area contributed by atoms with Gasteiger partial charge in [-0.05, 0) is 37.0 Å². The highest BCUT2D eigenvalue weighted by Gasteiger charge is 2.22. The third-order valence-corrected chi connectivity index (χ3v) is 5.01. The summed E-state index contributed by atoms with van der Waals surface area (Å²) < 4.78 is 4.77. The van der Waals surface area contributed by atoms with E-state index in [0.29, 0.717) is 18.0 Å². The van der Waals surface area contributed by atoms with Gasteiger partial charge in [-0.1, -0.05) is 37.7 Å². The number of imidazole rings is 1. The molecule has 0 aliphatic rings. The predicted molar refractivity (Wildman–Crippen MR) is 108 cm³/mol. The van der Waals surface area contributed by atoms with Crippen LogP contribution in [0.25, 0.3) is 0 Å². The minimum Gasteiger partial charge on any atom is -0.508 e. The van der Waals surface area contributed by atoms with Gasteiger partial charge in [0.1, 0.15) is 11.8 Å². The van der Waals surface area contributed by atoms with Gasteiger partial charge in [0.25, 0.3) is 0 Å². The van der Waals surface area contributed by atoms with Gasteiger partial charge < -0.3 is 20.1 Å². The Morgan fingerprint density at radius 2 is 1.96 bits per heavy atom. The highest BCUT2D eigenvalue weighted by molar-refractivity contribution is 7.99. The number of esters is 1. The van der Waals surface area contributed by atoms with Crippen molar-refractivity contribution in [2.75, 3.05) is 12.9 Å². The van der Waals surface area contributed by atoms with Crippen molar-refractivity contribution < 1.29 is 19.4 Å². The van der Waals surface area contributed by atoms with Crippen molar-refractivity contribution in [2.24, 2.45) is 5.92 Å². The molecule has 0 saturated carbocycles. The number of phenolic OH excluding ortho intramolecular Hbond substituents is 1. The van der Waals surface area contributed by atoms with Crippen LogP contribution in [0.2, 0.25) is 0 Å². The fourth-order valence-corrected chi connectivity index (χ4v) is 3.46. The Hall–Kier alpha value is -2.48. The molecule has 0 fully saturated rings. The first-order valence-electron chi connectivity index (χ1n) is 9.11. The molecule has 0 unspecified atom stereocenters. The molecule has 0 bridgehead atoms. The zero-order valence-corrected chi connectivity index (χ0v) is 17.4. The quantitative estimate of drug-likeness (QED) is 0.438. The number of ether oxygens (including phenoxy) is 1. The van der Waals surface area contributed by atoms with Crippen LogP contribution < -0.4 is 5.32 Å². The highest BCUT2D eigenvalue weighted by Crippen LogP contribution is 2.20. The normalized spacial score (nSPS) is 12.0. The highest BCUT2D eigenvalue weighted by atomic mass is 32.2. The average Bonchev–Trinajstić information content (AvgIpc) is 3.00. The maximum atomic E-state index is 12.2. The van der Waals surface area contributed by atoms with E-state index in [0.717, 1.165) is 17.0 Å². The number of aryl methyl sites for hydroxylation is 1. The summed E-state index contributed by atoms with van der Waals surface area (Å²) in [5.74, 6) is -0.0380. The average molecular weight is 406 g/mol. The second kappa shape index (κ2) is 10.2. The van der Waals surface area contributed by atoms with Crippen molar-refractivity contribution in [1.29, 1.82) is 0 Å². The molecule has 1 heterocycles. The Bertz CT molecular complexity index is 802. The number of carbonyl (C=O) groups is 2. The molecule has 0 saturated heterocycles. The number of rotatable bonds is 9. The molecule has 1 atom stereocenters. The van der Waals surface area contributed by atoms with Gasteiger partial charge in [-0.15, -0.1) is 0 Å². The van der Waals surface area contributed by atoms with Crippen molar-refractivity contribution in [3.8, 4) is 5.75 Å². The number of aromatic hydroxyl groups is 1. The summed E-state index contributed by atoms with van der Waals surface area (Å²) in [6.45, 7) is 5.90. The van der Waals surface area contributed by atoms with Crippen molar-refractivity contribution >= 4 is 23.6 Å². The number of carbonyl (C=O) groups excluding carboxylic acids is 2. The molecular weight excluding hydrogens is 378 g/mol. The first-order valence-corrected chi connectivity index (χ1v) is 10.1. The van der Waals surface area contributed by atoms with Crippen molar-refractivity contribution in [3.63, 3.8) is 0 Å². The minimum absolute atomic E-state index is 0.150. The predicted octanol–water partition coefficient (Wildman–Crippen LogP) is 2.81. The summed E-state index contributed by atoms with van der Waals surface area (Å²) in [6, 6.07) is 6.36. The third kappa shape index (κ3) is 6.60. The van der Waals surface area contributed by atoms with Crippen LogP contribution in [0, 0.1) is 12.8 Å². The van der Waals surface area contributed by atoms with E-state index in [9.17, 15) is 14.7 Å². The van der Waals surface area contributed by atoms with E-state index in [-0.39, 0.29) is 23.3 Å². The number of aromatic amines is 1. The Balaban J connectivity index is 1.92. The maximum Gasteiger partial charge on any atom is 0.328 e. The number of thioether (sulfide) groups is 1. The Morgan fingerprint density at radius 1 is 1.29 bits per heavy atom. The van der Waals surface area contributed by atoms with Gasteiger partial charge in [-0.25, -0.2) is 9.78 Å². The number of nitrogens with zero attached hydrogens (tertiary/aromatic N) is 1. The lowest BCUT2D eigenvalue weighted by molar-refractivity contribution is -0.145. The van der Waals surface area contributed by atoms with Crippen LogP contribution in [0.15, 0.2) is 29.4 Å². The summed E-state index contributed by atoms with van der Waals surface area (Å²) in [4.78, 5) is 31.8. The fraction of sp³-hybridized carbons (Fsp3) is 0.450. The smallest absolute Gasteiger partial charge is 0.328 e. The van der Waals surface area contributed by atoms with Gasteiger partial charge in [-0.2, -0.15) is 0 Å². The van der Waals surface area contributed by atoms with Crippen LogP contribution in [0.4, 0.5) is 0 Å². The van der Waals surface area contributed by atoms with Crippen LogP contribution in [-0.4, -0.2) is 45.9 Å². The monoisotopic (exact) mass is 405 g/mol. The van der Waals surface area contributed by atoms with Crippen LogP contribution in [0.3, 0.4) is 0 Å². The molecule has 2 aromatic rings. The molecule has 152 valence electrons. The fourth-order valence-electron chi connectivity index (χ4n) is 2.71. The van der Waals surface area contributed by atoms with Crippen LogP contribution >= 0.6 is 11.8 Å². The molecule has 28 heavy (non-hydrogen) atoms. The van der Waals surface area contributed by atoms with Crippen LogP contribution in [0.5, 0.6) is 5.75 Å². The molecule has 3 N–H and O–H groups in total. The van der Waals surface area contributed by atoms with E-state index >= 15 is 0 Å². The van der Waals surface area contributed by atoms with Gasteiger partial charge >= 0.3 is 5.97 Å². The molecule has 1 amide bonds. The lowest BCUT2D eigenvalue weighted by Gasteiger charge is -2.18. The number of H-pyrrole nitrogens is 1. The SMILES string of the molecule is COC(=O)[C@@H](CC(C)C)NC(=O)CSc1nc(Cc2ccc(O)cc2)c(C)[nH]1. The molecule has 0 radical (unpaired) electrons. The summed E-state index contributed by atoms with van der Waals surface area (Å²) >= 11 is 1.29. The van der Waals surface area contributed by atoms with Crippen molar-refractivity contribution in [1.82, 2.24) is 15.3 Å². The molecule has 0 aliphatic carbocycles.